The minimum absolute atomic E-state index is 0.126. The number of carbonyl (C=O) groups is 1. The summed E-state index contributed by atoms with van der Waals surface area (Å²) in [5.41, 5.74) is -0.816. The lowest BCUT2D eigenvalue weighted by Gasteiger charge is -2.12. The molecule has 5 nitrogen and oxygen atoms in total. The normalized spacial score (nSPS) is 25.5. The zero-order valence-corrected chi connectivity index (χ0v) is 15.8. The number of ether oxygens (including phenoxy) is 1. The molecule has 3 unspecified atom stereocenters. The van der Waals surface area contributed by atoms with Crippen LogP contribution in [0.15, 0.2) is 64.0 Å². The van der Waals surface area contributed by atoms with Crippen molar-refractivity contribution < 1.29 is 23.1 Å². The fourth-order valence-corrected chi connectivity index (χ4v) is 6.13. The van der Waals surface area contributed by atoms with Crippen molar-refractivity contribution in [2.45, 2.75) is 16.1 Å². The van der Waals surface area contributed by atoms with Crippen LogP contribution in [0.25, 0.3) is 0 Å². The summed E-state index contributed by atoms with van der Waals surface area (Å²) >= 11 is 3.34. The van der Waals surface area contributed by atoms with Crippen molar-refractivity contribution >= 4 is 31.7 Å². The lowest BCUT2D eigenvalue weighted by molar-refractivity contribution is -0.145. The van der Waals surface area contributed by atoms with Crippen LogP contribution in [0, 0.1) is 5.41 Å². The number of halogens is 1. The zero-order valence-electron chi connectivity index (χ0n) is 13.4. The van der Waals surface area contributed by atoms with E-state index in [1.54, 1.807) is 42.5 Å². The highest BCUT2D eigenvalue weighted by molar-refractivity contribution is 9.10. The van der Waals surface area contributed by atoms with Crippen LogP contribution in [0.2, 0.25) is 0 Å². The third-order valence-corrected chi connectivity index (χ3v) is 7.49. The highest BCUT2D eigenvalue weighted by Crippen LogP contribution is 2.64. The maximum Gasteiger partial charge on any atom is 0.314 e. The van der Waals surface area contributed by atoms with Gasteiger partial charge in [-0.25, -0.2) is 8.42 Å². The summed E-state index contributed by atoms with van der Waals surface area (Å²) in [6.07, 6.45) is 0. The number of carboxylic acids is 1. The fourth-order valence-electron chi connectivity index (χ4n) is 3.49. The van der Waals surface area contributed by atoms with Gasteiger partial charge in [-0.1, -0.05) is 46.3 Å². The van der Waals surface area contributed by atoms with Crippen LogP contribution in [0.1, 0.15) is 11.5 Å². The molecule has 3 atom stereocenters. The number of carboxylic acid groups (broad SMARTS) is 1. The average molecular weight is 425 g/mol. The standard InChI is InChI=1S/C18H17BrO5S/c1-24-11-18(17(20)21)15(12-7-9-13(19)10-8-12)16(18)25(22,23)14-5-3-2-4-6-14/h2-10,15-16H,11H2,1H3,(H,20,21). The summed E-state index contributed by atoms with van der Waals surface area (Å²) in [5, 5.41) is 8.78. The van der Waals surface area contributed by atoms with Gasteiger partial charge in [0.15, 0.2) is 9.84 Å². The van der Waals surface area contributed by atoms with Crippen molar-refractivity contribution in [3.05, 3.63) is 64.6 Å². The van der Waals surface area contributed by atoms with E-state index in [-0.39, 0.29) is 11.5 Å². The molecule has 0 aromatic heterocycles. The predicted octanol–water partition coefficient (Wildman–Crippen LogP) is 3.11. The Morgan fingerprint density at radius 3 is 2.28 bits per heavy atom. The van der Waals surface area contributed by atoms with Gasteiger partial charge < -0.3 is 9.84 Å². The van der Waals surface area contributed by atoms with Crippen LogP contribution in [-0.2, 0) is 19.4 Å². The van der Waals surface area contributed by atoms with Gasteiger partial charge in [0.2, 0.25) is 0 Å². The monoisotopic (exact) mass is 424 g/mol. The second kappa shape index (κ2) is 6.55. The Kier molecular flexibility index (Phi) is 4.74. The lowest BCUT2D eigenvalue weighted by Crippen LogP contribution is -2.28. The Bertz CT molecular complexity index is 879. The van der Waals surface area contributed by atoms with Crippen molar-refractivity contribution in [1.29, 1.82) is 0 Å². The Hall–Kier alpha value is -1.70. The molecule has 0 radical (unpaired) electrons. The fraction of sp³-hybridized carbons (Fsp3) is 0.278. The predicted molar refractivity (Wildman–Crippen MR) is 96.2 cm³/mol. The molecule has 1 fully saturated rings. The van der Waals surface area contributed by atoms with Gasteiger partial charge in [-0.05, 0) is 29.8 Å². The van der Waals surface area contributed by atoms with Gasteiger partial charge in [0.1, 0.15) is 5.41 Å². The number of rotatable bonds is 6. The van der Waals surface area contributed by atoms with E-state index in [1.807, 2.05) is 0 Å². The molecular formula is C18H17BrO5S. The van der Waals surface area contributed by atoms with Crippen LogP contribution in [0.4, 0.5) is 0 Å². The molecule has 0 amide bonds. The molecule has 2 aromatic rings. The molecule has 0 bridgehead atoms. The summed E-state index contributed by atoms with van der Waals surface area (Å²) in [6, 6.07) is 15.0. The summed E-state index contributed by atoms with van der Waals surface area (Å²) in [5.74, 6) is -1.82. The highest BCUT2D eigenvalue weighted by Gasteiger charge is 2.76. The van der Waals surface area contributed by atoms with Crippen molar-refractivity contribution in [2.75, 3.05) is 13.7 Å². The van der Waals surface area contributed by atoms with Crippen molar-refractivity contribution in [3.8, 4) is 0 Å². The number of aliphatic carboxylic acids is 1. The number of benzene rings is 2. The molecule has 0 heterocycles. The van der Waals surface area contributed by atoms with Gasteiger partial charge in [-0.3, -0.25) is 4.79 Å². The Morgan fingerprint density at radius 2 is 1.76 bits per heavy atom. The van der Waals surface area contributed by atoms with Gasteiger partial charge in [-0.15, -0.1) is 0 Å². The van der Waals surface area contributed by atoms with Gasteiger partial charge in [-0.2, -0.15) is 0 Å². The van der Waals surface area contributed by atoms with Crippen molar-refractivity contribution in [3.63, 3.8) is 0 Å². The van der Waals surface area contributed by atoms with Gasteiger partial charge in [0.05, 0.1) is 16.8 Å². The molecule has 25 heavy (non-hydrogen) atoms. The average Bonchev–Trinajstić information content (AvgIpc) is 3.28. The molecule has 0 saturated heterocycles. The van der Waals surface area contributed by atoms with E-state index in [1.165, 1.54) is 19.2 Å². The van der Waals surface area contributed by atoms with E-state index in [9.17, 15) is 18.3 Å². The molecule has 0 aliphatic heterocycles. The van der Waals surface area contributed by atoms with E-state index >= 15 is 0 Å². The summed E-state index contributed by atoms with van der Waals surface area (Å²) in [4.78, 5) is 12.2. The Morgan fingerprint density at radius 1 is 1.16 bits per heavy atom. The first-order valence-electron chi connectivity index (χ1n) is 7.62. The largest absolute Gasteiger partial charge is 0.481 e. The van der Waals surface area contributed by atoms with Crippen LogP contribution in [0.3, 0.4) is 0 Å². The third kappa shape index (κ3) is 2.90. The van der Waals surface area contributed by atoms with E-state index in [4.69, 9.17) is 4.74 Å². The second-order valence-electron chi connectivity index (χ2n) is 6.09. The number of sulfone groups is 1. The molecule has 1 saturated carbocycles. The Labute approximate surface area is 154 Å². The lowest BCUT2D eigenvalue weighted by atomic mass is 10.0. The minimum atomic E-state index is -3.82. The molecule has 2 aromatic carbocycles. The molecule has 7 heteroatoms. The maximum absolute atomic E-state index is 13.1. The quantitative estimate of drug-likeness (QED) is 0.770. The van der Waals surface area contributed by atoms with Crippen LogP contribution >= 0.6 is 15.9 Å². The van der Waals surface area contributed by atoms with E-state index in [0.717, 1.165) is 4.47 Å². The molecule has 1 aliphatic carbocycles. The number of hydrogen-bond acceptors (Lipinski definition) is 4. The molecule has 0 spiro atoms. The number of methoxy groups -OCH3 is 1. The summed E-state index contributed by atoms with van der Waals surface area (Å²) in [7, 11) is -2.44. The van der Waals surface area contributed by atoms with Gasteiger partial charge in [0.25, 0.3) is 0 Å². The SMILES string of the molecule is COCC1(C(=O)O)C(c2ccc(Br)cc2)C1S(=O)(=O)c1ccccc1. The van der Waals surface area contributed by atoms with Gasteiger partial charge >= 0.3 is 5.97 Å². The van der Waals surface area contributed by atoms with Crippen LogP contribution in [0.5, 0.6) is 0 Å². The zero-order chi connectivity index (χ0) is 18.2. The number of hydrogen-bond donors (Lipinski definition) is 1. The summed E-state index contributed by atoms with van der Waals surface area (Å²) < 4.78 is 32.2. The molecule has 132 valence electrons. The van der Waals surface area contributed by atoms with Crippen LogP contribution < -0.4 is 0 Å². The second-order valence-corrected chi connectivity index (χ2v) is 9.07. The Balaban J connectivity index is 2.12. The first kappa shape index (κ1) is 18.1. The first-order chi connectivity index (χ1) is 11.9. The van der Waals surface area contributed by atoms with E-state index < -0.39 is 32.4 Å². The molecule has 1 N–H and O–H groups in total. The van der Waals surface area contributed by atoms with Gasteiger partial charge in [0, 0.05) is 17.5 Å². The summed E-state index contributed by atoms with van der Waals surface area (Å²) in [6.45, 7) is -0.167. The van der Waals surface area contributed by atoms with E-state index in [0.29, 0.717) is 5.56 Å². The van der Waals surface area contributed by atoms with Crippen LogP contribution in [-0.4, -0.2) is 38.5 Å². The van der Waals surface area contributed by atoms with Crippen molar-refractivity contribution in [1.82, 2.24) is 0 Å². The first-order valence-corrected chi connectivity index (χ1v) is 9.96. The minimum Gasteiger partial charge on any atom is -0.481 e. The highest BCUT2D eigenvalue weighted by atomic mass is 79.9. The van der Waals surface area contributed by atoms with E-state index in [2.05, 4.69) is 15.9 Å². The smallest absolute Gasteiger partial charge is 0.314 e. The maximum atomic E-state index is 13.1. The third-order valence-electron chi connectivity index (χ3n) is 4.67. The van der Waals surface area contributed by atoms with Crippen molar-refractivity contribution in [2.24, 2.45) is 5.41 Å². The molecular weight excluding hydrogens is 408 g/mol. The molecule has 3 rings (SSSR count). The molecule has 1 aliphatic rings. The topological polar surface area (TPSA) is 80.7 Å².